The van der Waals surface area contributed by atoms with E-state index >= 15 is 0 Å². The van der Waals surface area contributed by atoms with Crippen LogP contribution in [0, 0.1) is 5.92 Å². The SMILES string of the molecule is CN(C)c1ccc(CN(CCc2c[nH]c3ccccc23)C(=O)CN(Cc2ccco2)C(=O)C2CCCC2)cc1. The third-order valence-corrected chi connectivity index (χ3v) is 7.77. The Hall–Kier alpha value is -4.00. The molecule has 2 heterocycles. The number of fused-ring (bicyclic) bond motifs is 1. The summed E-state index contributed by atoms with van der Waals surface area (Å²) in [4.78, 5) is 36.4. The second-order valence-corrected chi connectivity index (χ2v) is 10.7. The Bertz CT molecular complexity index is 1370. The fourth-order valence-corrected chi connectivity index (χ4v) is 5.50. The minimum Gasteiger partial charge on any atom is -0.467 e. The molecule has 2 amide bonds. The number of carbonyl (C=O) groups excluding carboxylic acids is 2. The number of nitrogens with zero attached hydrogens (tertiary/aromatic N) is 3. The van der Waals surface area contributed by atoms with Gasteiger partial charge < -0.3 is 24.1 Å². The molecular formula is C32H38N4O3. The highest BCUT2D eigenvalue weighted by Gasteiger charge is 2.30. The summed E-state index contributed by atoms with van der Waals surface area (Å²) in [6.07, 6.45) is 8.29. The molecule has 0 aliphatic heterocycles. The summed E-state index contributed by atoms with van der Waals surface area (Å²) in [5, 5.41) is 1.18. The number of benzene rings is 2. The number of para-hydroxylation sites is 1. The lowest BCUT2D eigenvalue weighted by atomic mass is 10.1. The predicted octanol–water partition coefficient (Wildman–Crippen LogP) is 5.62. The van der Waals surface area contributed by atoms with Crippen molar-refractivity contribution in [1.29, 1.82) is 0 Å². The molecule has 2 aromatic heterocycles. The lowest BCUT2D eigenvalue weighted by Gasteiger charge is -2.29. The first-order valence-electron chi connectivity index (χ1n) is 13.9. The number of amides is 2. The summed E-state index contributed by atoms with van der Waals surface area (Å²) in [5.41, 5.74) is 4.45. The Morgan fingerprint density at radius 2 is 1.69 bits per heavy atom. The van der Waals surface area contributed by atoms with E-state index in [1.54, 1.807) is 11.2 Å². The monoisotopic (exact) mass is 526 g/mol. The number of carbonyl (C=O) groups is 2. The Kier molecular flexibility index (Phi) is 8.35. The molecule has 5 rings (SSSR count). The van der Waals surface area contributed by atoms with Gasteiger partial charge in [-0.05, 0) is 60.7 Å². The van der Waals surface area contributed by atoms with Gasteiger partial charge >= 0.3 is 0 Å². The minimum absolute atomic E-state index is 0.00832. The minimum atomic E-state index is -0.0515. The second kappa shape index (κ2) is 12.2. The van der Waals surface area contributed by atoms with Crippen LogP contribution < -0.4 is 4.90 Å². The van der Waals surface area contributed by atoms with Gasteiger partial charge in [-0.3, -0.25) is 9.59 Å². The molecule has 7 heteroatoms. The van der Waals surface area contributed by atoms with Gasteiger partial charge in [0.05, 0.1) is 12.8 Å². The molecule has 39 heavy (non-hydrogen) atoms. The van der Waals surface area contributed by atoms with Crippen LogP contribution in [0.2, 0.25) is 0 Å². The summed E-state index contributed by atoms with van der Waals surface area (Å²) in [7, 11) is 4.03. The molecule has 7 nitrogen and oxygen atoms in total. The molecule has 1 aliphatic carbocycles. The Morgan fingerprint density at radius 3 is 2.41 bits per heavy atom. The number of aromatic amines is 1. The highest BCUT2D eigenvalue weighted by molar-refractivity contribution is 5.86. The lowest BCUT2D eigenvalue weighted by Crippen LogP contribution is -2.44. The van der Waals surface area contributed by atoms with E-state index in [0.717, 1.165) is 48.9 Å². The van der Waals surface area contributed by atoms with Crippen molar-refractivity contribution in [2.75, 3.05) is 32.1 Å². The first kappa shape index (κ1) is 26.6. The Balaban J connectivity index is 1.35. The predicted molar refractivity (Wildman–Crippen MR) is 154 cm³/mol. The maximum absolute atomic E-state index is 13.9. The number of nitrogens with one attached hydrogen (secondary N) is 1. The van der Waals surface area contributed by atoms with E-state index in [1.165, 1.54) is 10.9 Å². The topological polar surface area (TPSA) is 72.8 Å². The van der Waals surface area contributed by atoms with Crippen molar-refractivity contribution in [2.45, 2.75) is 45.2 Å². The average Bonchev–Trinajstić information content (AvgIpc) is 3.73. The van der Waals surface area contributed by atoms with E-state index < -0.39 is 0 Å². The van der Waals surface area contributed by atoms with E-state index in [4.69, 9.17) is 4.42 Å². The molecule has 1 fully saturated rings. The molecule has 204 valence electrons. The zero-order valence-electron chi connectivity index (χ0n) is 22.9. The molecule has 0 unspecified atom stereocenters. The van der Waals surface area contributed by atoms with Crippen LogP contribution >= 0.6 is 0 Å². The quantitative estimate of drug-likeness (QED) is 0.275. The van der Waals surface area contributed by atoms with Crippen LogP contribution in [-0.4, -0.2) is 53.8 Å². The van der Waals surface area contributed by atoms with Crippen LogP contribution in [0.5, 0.6) is 0 Å². The van der Waals surface area contributed by atoms with Gasteiger partial charge in [-0.15, -0.1) is 0 Å². The summed E-state index contributed by atoms with van der Waals surface area (Å²) < 4.78 is 5.56. The fourth-order valence-electron chi connectivity index (χ4n) is 5.50. The van der Waals surface area contributed by atoms with E-state index in [-0.39, 0.29) is 24.3 Å². The van der Waals surface area contributed by atoms with Crippen molar-refractivity contribution < 1.29 is 14.0 Å². The number of anilines is 1. The van der Waals surface area contributed by atoms with Crippen molar-refractivity contribution in [3.05, 3.63) is 90.0 Å². The molecule has 0 spiro atoms. The second-order valence-electron chi connectivity index (χ2n) is 10.7. The van der Waals surface area contributed by atoms with Gasteiger partial charge in [0.1, 0.15) is 12.3 Å². The van der Waals surface area contributed by atoms with Crippen LogP contribution in [0.1, 0.15) is 42.6 Å². The van der Waals surface area contributed by atoms with E-state index in [1.807, 2.05) is 49.5 Å². The molecule has 0 bridgehead atoms. The smallest absolute Gasteiger partial charge is 0.242 e. The zero-order chi connectivity index (χ0) is 27.2. The van der Waals surface area contributed by atoms with Gasteiger partial charge in [0.2, 0.25) is 11.8 Å². The molecule has 1 N–H and O–H groups in total. The van der Waals surface area contributed by atoms with Crippen molar-refractivity contribution in [3.63, 3.8) is 0 Å². The molecule has 1 saturated carbocycles. The number of aromatic nitrogens is 1. The van der Waals surface area contributed by atoms with Crippen molar-refractivity contribution >= 4 is 28.4 Å². The van der Waals surface area contributed by atoms with Crippen LogP contribution in [-0.2, 0) is 29.1 Å². The third kappa shape index (κ3) is 6.53. The largest absolute Gasteiger partial charge is 0.467 e. The van der Waals surface area contributed by atoms with Crippen molar-refractivity contribution in [1.82, 2.24) is 14.8 Å². The average molecular weight is 527 g/mol. The van der Waals surface area contributed by atoms with Gasteiger partial charge in [0.15, 0.2) is 0 Å². The van der Waals surface area contributed by atoms with Crippen LogP contribution in [0.25, 0.3) is 10.9 Å². The van der Waals surface area contributed by atoms with Crippen LogP contribution in [0.3, 0.4) is 0 Å². The molecule has 2 aromatic carbocycles. The fraction of sp³-hybridized carbons (Fsp3) is 0.375. The van der Waals surface area contributed by atoms with E-state index in [9.17, 15) is 9.59 Å². The molecule has 4 aromatic rings. The van der Waals surface area contributed by atoms with E-state index in [0.29, 0.717) is 25.4 Å². The number of furan rings is 1. The highest BCUT2D eigenvalue weighted by atomic mass is 16.3. The van der Waals surface area contributed by atoms with Crippen LogP contribution in [0.15, 0.2) is 77.5 Å². The summed E-state index contributed by atoms with van der Waals surface area (Å²) in [6, 6.07) is 20.2. The molecule has 0 saturated heterocycles. The van der Waals surface area contributed by atoms with Gasteiger partial charge in [-0.2, -0.15) is 0 Å². The first-order valence-corrected chi connectivity index (χ1v) is 13.9. The molecular weight excluding hydrogens is 488 g/mol. The maximum Gasteiger partial charge on any atom is 0.242 e. The number of rotatable bonds is 11. The maximum atomic E-state index is 13.9. The summed E-state index contributed by atoms with van der Waals surface area (Å²) in [5.74, 6) is 0.693. The highest BCUT2D eigenvalue weighted by Crippen LogP contribution is 2.27. The van der Waals surface area contributed by atoms with Crippen molar-refractivity contribution in [3.8, 4) is 0 Å². The molecule has 0 atom stereocenters. The lowest BCUT2D eigenvalue weighted by molar-refractivity contribution is -0.144. The standard InChI is InChI=1S/C32H38N4O3/c1-34(2)27-15-13-24(14-16-27)21-35(18-17-26-20-33-30-12-6-5-11-29(26)30)31(37)23-36(22-28-10-7-19-39-28)32(38)25-8-3-4-9-25/h5-7,10-16,19-20,25,33H,3-4,8-9,17-18,21-23H2,1-2H3. The number of hydrogen-bond donors (Lipinski definition) is 1. The van der Waals surface area contributed by atoms with Gasteiger partial charge in [-0.1, -0.05) is 43.2 Å². The Labute approximate surface area is 230 Å². The van der Waals surface area contributed by atoms with E-state index in [2.05, 4.69) is 46.3 Å². The molecule has 0 radical (unpaired) electrons. The zero-order valence-corrected chi connectivity index (χ0v) is 22.9. The number of hydrogen-bond acceptors (Lipinski definition) is 4. The molecule has 1 aliphatic rings. The van der Waals surface area contributed by atoms with Gasteiger partial charge in [0.25, 0.3) is 0 Å². The number of H-pyrrole nitrogens is 1. The normalized spacial score (nSPS) is 13.6. The summed E-state index contributed by atoms with van der Waals surface area (Å²) >= 11 is 0. The first-order chi connectivity index (χ1) is 19.0. The Morgan fingerprint density at radius 1 is 0.923 bits per heavy atom. The third-order valence-electron chi connectivity index (χ3n) is 7.77. The van der Waals surface area contributed by atoms with Gasteiger partial charge in [-0.25, -0.2) is 0 Å². The van der Waals surface area contributed by atoms with Gasteiger partial charge in [0, 0.05) is 55.9 Å². The van der Waals surface area contributed by atoms with Crippen LogP contribution in [0.4, 0.5) is 5.69 Å². The summed E-state index contributed by atoms with van der Waals surface area (Å²) in [6.45, 7) is 1.39. The van der Waals surface area contributed by atoms with Crippen molar-refractivity contribution in [2.24, 2.45) is 5.92 Å².